The lowest BCUT2D eigenvalue weighted by molar-refractivity contribution is -0.136. The first-order chi connectivity index (χ1) is 25.4. The zero-order valence-corrected chi connectivity index (χ0v) is 29.6. The number of anilines is 2. The van der Waals surface area contributed by atoms with Crippen LogP contribution in [0, 0.1) is 0 Å². The van der Waals surface area contributed by atoms with Gasteiger partial charge in [-0.2, -0.15) is 0 Å². The highest BCUT2D eigenvalue weighted by Crippen LogP contribution is 2.50. The molecule has 0 aromatic heterocycles. The minimum Gasteiger partial charge on any atom is -0.377 e. The number of hydrogen-bond donors (Lipinski definition) is 2. The summed E-state index contributed by atoms with van der Waals surface area (Å²) in [5, 5.41) is 6.93. The molecule has 8 heteroatoms. The molecule has 3 aliphatic heterocycles. The summed E-state index contributed by atoms with van der Waals surface area (Å²) in [6, 6.07) is 31.4. The molecule has 2 unspecified atom stereocenters. The number of fused-ring (bicyclic) bond motifs is 5. The zero-order valence-electron chi connectivity index (χ0n) is 29.6. The normalized spacial score (nSPS) is 21.8. The molecular weight excluding hydrogens is 649 g/mol. The fourth-order valence-corrected chi connectivity index (χ4v) is 8.97. The number of likely N-dealkylation sites (tertiary alicyclic amines) is 2. The molecule has 0 radical (unpaired) electrons. The van der Waals surface area contributed by atoms with Gasteiger partial charge >= 0.3 is 0 Å². The Morgan fingerprint density at radius 3 is 1.98 bits per heavy atom. The number of amides is 3. The molecule has 4 aromatic rings. The molecular formula is C44H46N4O4. The van der Waals surface area contributed by atoms with Crippen molar-refractivity contribution in [2.45, 2.75) is 88.3 Å². The molecule has 4 aliphatic rings. The lowest BCUT2D eigenvalue weighted by atomic mass is 9.87. The molecule has 1 aliphatic carbocycles. The van der Waals surface area contributed by atoms with E-state index >= 15 is 0 Å². The molecule has 3 amide bonds. The maximum atomic E-state index is 13.6. The lowest BCUT2D eigenvalue weighted by Gasteiger charge is -2.25. The number of ketones is 1. The molecule has 2 saturated heterocycles. The highest BCUT2D eigenvalue weighted by atomic mass is 16.2. The van der Waals surface area contributed by atoms with E-state index < -0.39 is 6.04 Å². The summed E-state index contributed by atoms with van der Waals surface area (Å²) in [5.41, 5.74) is 8.53. The van der Waals surface area contributed by atoms with Gasteiger partial charge in [0.2, 0.25) is 17.7 Å². The van der Waals surface area contributed by atoms with E-state index in [4.69, 9.17) is 0 Å². The van der Waals surface area contributed by atoms with Crippen LogP contribution in [0.1, 0.15) is 83.9 Å². The predicted molar refractivity (Wildman–Crippen MR) is 202 cm³/mol. The second kappa shape index (κ2) is 14.8. The number of aryl methyl sites for hydroxylation is 1. The van der Waals surface area contributed by atoms with Crippen molar-refractivity contribution in [2.75, 3.05) is 23.7 Å². The van der Waals surface area contributed by atoms with Crippen LogP contribution in [0.15, 0.2) is 97.1 Å². The third-order valence-electron chi connectivity index (χ3n) is 11.5. The summed E-state index contributed by atoms with van der Waals surface area (Å²) in [5.74, 6) is 0.288. The first kappa shape index (κ1) is 33.9. The second-order valence-electron chi connectivity index (χ2n) is 14.9. The Labute approximate surface area is 305 Å². The van der Waals surface area contributed by atoms with Crippen molar-refractivity contribution in [3.63, 3.8) is 0 Å². The van der Waals surface area contributed by atoms with E-state index in [1.54, 1.807) is 9.80 Å². The fraction of sp³-hybridized carbons (Fsp3) is 0.364. The van der Waals surface area contributed by atoms with E-state index in [-0.39, 0.29) is 41.5 Å². The molecule has 8 nitrogen and oxygen atoms in total. The van der Waals surface area contributed by atoms with Crippen LogP contribution in [0.25, 0.3) is 0 Å². The van der Waals surface area contributed by atoms with Crippen molar-refractivity contribution in [3.05, 3.63) is 130 Å². The highest BCUT2D eigenvalue weighted by molar-refractivity contribution is 5.98. The number of nitrogens with one attached hydrogen (secondary N) is 2. The van der Waals surface area contributed by atoms with Gasteiger partial charge in [-0.1, -0.05) is 78.9 Å². The number of carbonyl (C=O) groups excluding carboxylic acids is 4. The van der Waals surface area contributed by atoms with Crippen molar-refractivity contribution in [2.24, 2.45) is 0 Å². The second-order valence-corrected chi connectivity index (χ2v) is 14.9. The largest absolute Gasteiger partial charge is 0.377 e. The van der Waals surface area contributed by atoms with Gasteiger partial charge in [0.25, 0.3) is 0 Å². The van der Waals surface area contributed by atoms with Crippen LogP contribution in [0.4, 0.5) is 11.4 Å². The summed E-state index contributed by atoms with van der Waals surface area (Å²) >= 11 is 0. The summed E-state index contributed by atoms with van der Waals surface area (Å²) < 4.78 is 0. The Morgan fingerprint density at radius 1 is 0.635 bits per heavy atom. The van der Waals surface area contributed by atoms with E-state index in [9.17, 15) is 19.2 Å². The van der Waals surface area contributed by atoms with Crippen LogP contribution in [-0.4, -0.2) is 58.5 Å². The standard InChI is InChI=1S/C44H46N4O4/c49-40(38-16-8-22-47(38)41(50)26-29-10-3-1-4-11-29)25-31-18-21-37-36(24-31)35-15-7-14-32-28-33(19-20-34(32)43(35)46-37)45-44(52)39-17-9-23-48(39)42(51)27-30-12-5-2-6-13-30/h1-6,10-13,18-21,24,28,35,38-39,43,46H,7-9,14-17,22-23,25-27H2,(H,45,52)/t35?,38-,39-,43?/m0/s1. The fourth-order valence-electron chi connectivity index (χ4n) is 8.97. The Hall–Kier alpha value is -5.24. The average molecular weight is 695 g/mol. The minimum absolute atomic E-state index is 0.00864. The zero-order chi connectivity index (χ0) is 35.6. The molecule has 0 spiro atoms. The van der Waals surface area contributed by atoms with E-state index in [1.165, 1.54) is 16.7 Å². The number of nitrogens with zero attached hydrogens (tertiary/aromatic N) is 2. The van der Waals surface area contributed by atoms with Crippen molar-refractivity contribution in [3.8, 4) is 0 Å². The van der Waals surface area contributed by atoms with Crippen LogP contribution < -0.4 is 10.6 Å². The maximum Gasteiger partial charge on any atom is 0.247 e. The van der Waals surface area contributed by atoms with Gasteiger partial charge in [-0.15, -0.1) is 0 Å². The lowest BCUT2D eigenvalue weighted by Crippen LogP contribution is -2.43. The summed E-state index contributed by atoms with van der Waals surface area (Å²) in [4.78, 5) is 57.0. The predicted octanol–water partition coefficient (Wildman–Crippen LogP) is 6.79. The summed E-state index contributed by atoms with van der Waals surface area (Å²) in [6.45, 7) is 1.24. The highest BCUT2D eigenvalue weighted by Gasteiger charge is 2.38. The van der Waals surface area contributed by atoms with Gasteiger partial charge in [-0.3, -0.25) is 19.2 Å². The number of hydrogen-bond acceptors (Lipinski definition) is 5. The molecule has 0 saturated carbocycles. The molecule has 2 fully saturated rings. The Morgan fingerprint density at radius 2 is 1.29 bits per heavy atom. The Balaban J connectivity index is 0.919. The van der Waals surface area contributed by atoms with Crippen molar-refractivity contribution < 1.29 is 19.2 Å². The Bertz CT molecular complexity index is 1980. The first-order valence-corrected chi connectivity index (χ1v) is 18.9. The monoisotopic (exact) mass is 694 g/mol. The minimum atomic E-state index is -0.460. The molecule has 266 valence electrons. The molecule has 4 atom stereocenters. The average Bonchev–Trinajstić information content (AvgIpc) is 3.90. The number of Topliss-reactive ketones (excluding diaryl/α,β-unsaturated/α-hetero) is 1. The number of carbonyl (C=O) groups is 4. The van der Waals surface area contributed by atoms with Crippen molar-refractivity contribution in [1.82, 2.24) is 9.80 Å². The third kappa shape index (κ3) is 6.99. The van der Waals surface area contributed by atoms with Crippen LogP contribution in [0.5, 0.6) is 0 Å². The SMILES string of the molecule is O=C(Cc1ccc2c(c1)C1CCCc3cc(NC(=O)[C@@H]4CCCN4C(=O)Cc4ccccc4)ccc3C1N2)[C@@H]1CCCN1C(=O)Cc1ccccc1. The number of rotatable bonds is 9. The van der Waals surface area contributed by atoms with E-state index in [2.05, 4.69) is 41.0 Å². The Kier molecular flexibility index (Phi) is 9.63. The quantitative estimate of drug-likeness (QED) is 0.201. The van der Waals surface area contributed by atoms with Gasteiger partial charge in [0.05, 0.1) is 24.9 Å². The molecule has 4 aromatic carbocycles. The van der Waals surface area contributed by atoms with Gasteiger partial charge in [-0.25, -0.2) is 0 Å². The summed E-state index contributed by atoms with van der Waals surface area (Å²) in [6.07, 6.45) is 6.96. The smallest absolute Gasteiger partial charge is 0.247 e. The van der Waals surface area contributed by atoms with Crippen molar-refractivity contribution >= 4 is 34.9 Å². The molecule has 8 rings (SSSR count). The topological polar surface area (TPSA) is 98.8 Å². The van der Waals surface area contributed by atoms with Gasteiger partial charge in [-0.05, 0) is 96.5 Å². The van der Waals surface area contributed by atoms with E-state index in [0.717, 1.165) is 66.6 Å². The molecule has 0 bridgehead atoms. The van der Waals surface area contributed by atoms with Gasteiger partial charge in [0.15, 0.2) is 5.78 Å². The third-order valence-corrected chi connectivity index (χ3v) is 11.5. The van der Waals surface area contributed by atoms with Crippen LogP contribution in [0.2, 0.25) is 0 Å². The summed E-state index contributed by atoms with van der Waals surface area (Å²) in [7, 11) is 0. The van der Waals surface area contributed by atoms with Gasteiger partial charge < -0.3 is 20.4 Å². The molecule has 3 heterocycles. The number of benzene rings is 4. The van der Waals surface area contributed by atoms with Crippen LogP contribution in [0.3, 0.4) is 0 Å². The van der Waals surface area contributed by atoms with Crippen molar-refractivity contribution in [1.29, 1.82) is 0 Å². The van der Waals surface area contributed by atoms with Crippen LogP contribution in [-0.2, 0) is 44.9 Å². The molecule has 2 N–H and O–H groups in total. The van der Waals surface area contributed by atoms with E-state index in [0.29, 0.717) is 38.8 Å². The van der Waals surface area contributed by atoms with Crippen LogP contribution >= 0.6 is 0 Å². The van der Waals surface area contributed by atoms with E-state index in [1.807, 2.05) is 66.7 Å². The maximum absolute atomic E-state index is 13.6. The van der Waals surface area contributed by atoms with Gasteiger partial charge in [0, 0.05) is 36.8 Å². The molecule has 52 heavy (non-hydrogen) atoms. The van der Waals surface area contributed by atoms with Gasteiger partial charge in [0.1, 0.15) is 6.04 Å². The first-order valence-electron chi connectivity index (χ1n) is 18.9.